The van der Waals surface area contributed by atoms with Gasteiger partial charge < -0.3 is 27.2 Å². The van der Waals surface area contributed by atoms with E-state index in [9.17, 15) is 27.6 Å². The number of carbonyl (C=O) groups is 3. The van der Waals surface area contributed by atoms with E-state index in [2.05, 4.69) is 15.6 Å². The van der Waals surface area contributed by atoms with Gasteiger partial charge in [-0.25, -0.2) is 4.99 Å². The van der Waals surface area contributed by atoms with Gasteiger partial charge in [-0.3, -0.25) is 14.4 Å². The zero-order valence-corrected chi connectivity index (χ0v) is 18.6. The van der Waals surface area contributed by atoms with Crippen LogP contribution in [-0.2, 0) is 15.8 Å². The van der Waals surface area contributed by atoms with Crippen LogP contribution in [0.2, 0.25) is 10.0 Å². The zero-order valence-electron chi connectivity index (χ0n) is 17.1. The van der Waals surface area contributed by atoms with Crippen molar-refractivity contribution in [2.75, 3.05) is 6.54 Å². The molecule has 0 aliphatic carbocycles. The molecule has 182 valence electrons. The Kier molecular flexibility index (Phi) is 8.71. The van der Waals surface area contributed by atoms with Gasteiger partial charge in [-0.05, 0) is 42.0 Å². The molecular formula is C20H18Cl2F3N5O4. The average Bonchev–Trinajstić information content (AvgIpc) is 2.69. The summed E-state index contributed by atoms with van der Waals surface area (Å²) in [5.41, 5.74) is 8.74. The molecule has 0 spiro atoms. The van der Waals surface area contributed by atoms with Gasteiger partial charge in [0.1, 0.15) is 0 Å². The van der Waals surface area contributed by atoms with Crippen molar-refractivity contribution in [3.63, 3.8) is 0 Å². The molecule has 14 heteroatoms. The van der Waals surface area contributed by atoms with Crippen molar-refractivity contribution in [3.8, 4) is 0 Å². The lowest BCUT2D eigenvalue weighted by atomic mass is 10.0. The van der Waals surface area contributed by atoms with Crippen molar-refractivity contribution < 1.29 is 32.7 Å². The van der Waals surface area contributed by atoms with Gasteiger partial charge in [0.05, 0.1) is 30.3 Å². The van der Waals surface area contributed by atoms with Crippen molar-refractivity contribution >= 4 is 52.6 Å². The van der Waals surface area contributed by atoms with Crippen LogP contribution in [0.5, 0.6) is 0 Å². The van der Waals surface area contributed by atoms with Gasteiger partial charge >= 0.3 is 12.1 Å². The maximum Gasteiger partial charge on any atom is 0.416 e. The first-order chi connectivity index (χ1) is 15.7. The second-order valence-electron chi connectivity index (χ2n) is 6.91. The van der Waals surface area contributed by atoms with Crippen molar-refractivity contribution in [1.82, 2.24) is 10.6 Å². The van der Waals surface area contributed by atoms with Crippen molar-refractivity contribution in [1.29, 1.82) is 0 Å². The Morgan fingerprint density at radius 3 is 2.18 bits per heavy atom. The monoisotopic (exact) mass is 519 g/mol. The summed E-state index contributed by atoms with van der Waals surface area (Å²) < 4.78 is 39.5. The first kappa shape index (κ1) is 26.7. The molecular weight excluding hydrogens is 502 g/mol. The highest BCUT2D eigenvalue weighted by atomic mass is 35.5. The molecule has 2 aromatic carbocycles. The number of aliphatic imine (C=N–C) groups is 1. The molecule has 2 amide bonds. The molecule has 2 rings (SSSR count). The highest BCUT2D eigenvalue weighted by Gasteiger charge is 2.32. The minimum atomic E-state index is -4.79. The fourth-order valence-corrected chi connectivity index (χ4v) is 3.37. The van der Waals surface area contributed by atoms with Crippen LogP contribution in [0.15, 0.2) is 41.4 Å². The van der Waals surface area contributed by atoms with Gasteiger partial charge in [0, 0.05) is 15.6 Å². The number of guanidine groups is 1. The predicted molar refractivity (Wildman–Crippen MR) is 119 cm³/mol. The number of hydrogen-bond acceptors (Lipinski definition) is 4. The third-order valence-corrected chi connectivity index (χ3v) is 4.61. The Hall–Kier alpha value is -3.51. The van der Waals surface area contributed by atoms with Crippen LogP contribution in [0.1, 0.15) is 33.9 Å². The van der Waals surface area contributed by atoms with Crippen LogP contribution in [0, 0.1) is 0 Å². The first-order valence-electron chi connectivity index (χ1n) is 9.32. The zero-order chi connectivity index (χ0) is 25.6. The predicted octanol–water partition coefficient (Wildman–Crippen LogP) is 2.98. The van der Waals surface area contributed by atoms with Crippen LogP contribution >= 0.6 is 23.2 Å². The number of rotatable bonds is 8. The molecule has 9 nitrogen and oxygen atoms in total. The van der Waals surface area contributed by atoms with Gasteiger partial charge in [-0.15, -0.1) is 0 Å². The molecule has 1 unspecified atom stereocenters. The Morgan fingerprint density at radius 1 is 1.03 bits per heavy atom. The topological polar surface area (TPSA) is 160 Å². The Balaban J connectivity index is 2.17. The second kappa shape index (κ2) is 11.1. The fraction of sp³-hybridized carbons (Fsp3) is 0.200. The summed E-state index contributed by atoms with van der Waals surface area (Å²) in [6, 6.07) is 5.42. The average molecular weight is 520 g/mol. The van der Waals surface area contributed by atoms with E-state index in [1.807, 2.05) is 0 Å². The number of halogens is 5. The van der Waals surface area contributed by atoms with E-state index >= 15 is 0 Å². The number of amides is 2. The molecule has 7 N–H and O–H groups in total. The van der Waals surface area contributed by atoms with E-state index in [1.165, 1.54) is 18.2 Å². The van der Waals surface area contributed by atoms with Crippen LogP contribution in [0.25, 0.3) is 0 Å². The first-order valence-corrected chi connectivity index (χ1v) is 10.1. The van der Waals surface area contributed by atoms with Crippen LogP contribution < -0.4 is 22.1 Å². The third-order valence-electron chi connectivity index (χ3n) is 4.18. The minimum Gasteiger partial charge on any atom is -0.481 e. The molecule has 34 heavy (non-hydrogen) atoms. The number of carboxylic acids is 1. The Morgan fingerprint density at radius 2 is 1.65 bits per heavy atom. The van der Waals surface area contributed by atoms with Gasteiger partial charge in [-0.1, -0.05) is 23.2 Å². The standard InChI is InChI=1S/C20H18Cl2F3N5O4/c21-12-2-9(3-13(22)6-12)15(7-17(32)33)30-16(31)8-28-18(34)10-1-11(20(23,24)25)5-14(4-10)29-19(26)27/h1-6,15H,7-8H2,(H,28,34)(H,30,31)(H,32,33)(H4,26,27,29). The number of aliphatic carboxylic acids is 1. The summed E-state index contributed by atoms with van der Waals surface area (Å²) >= 11 is 11.8. The molecule has 0 fully saturated rings. The van der Waals surface area contributed by atoms with Gasteiger partial charge in [-0.2, -0.15) is 13.2 Å². The van der Waals surface area contributed by atoms with E-state index in [4.69, 9.17) is 39.8 Å². The van der Waals surface area contributed by atoms with Crippen molar-refractivity contribution in [2.24, 2.45) is 16.5 Å². The Bertz CT molecular complexity index is 1120. The van der Waals surface area contributed by atoms with E-state index in [-0.39, 0.29) is 15.7 Å². The summed E-state index contributed by atoms with van der Waals surface area (Å²) in [7, 11) is 0. The molecule has 0 bridgehead atoms. The number of alkyl halides is 3. The molecule has 0 saturated heterocycles. The lowest BCUT2D eigenvalue weighted by Crippen LogP contribution is -2.39. The van der Waals surface area contributed by atoms with Gasteiger partial charge in [0.25, 0.3) is 5.91 Å². The van der Waals surface area contributed by atoms with Crippen LogP contribution in [0.3, 0.4) is 0 Å². The molecule has 0 radical (unpaired) electrons. The molecule has 0 aliphatic heterocycles. The minimum absolute atomic E-state index is 0.210. The molecule has 0 saturated carbocycles. The lowest BCUT2D eigenvalue weighted by molar-refractivity contribution is -0.138. The number of nitrogens with zero attached hydrogens (tertiary/aromatic N) is 1. The van der Waals surface area contributed by atoms with Crippen molar-refractivity contribution in [3.05, 3.63) is 63.1 Å². The number of nitrogens with two attached hydrogens (primary N) is 2. The lowest BCUT2D eigenvalue weighted by Gasteiger charge is -2.18. The fourth-order valence-electron chi connectivity index (χ4n) is 2.83. The summed E-state index contributed by atoms with van der Waals surface area (Å²) in [5.74, 6) is -3.58. The number of benzene rings is 2. The van der Waals surface area contributed by atoms with Crippen molar-refractivity contribution in [2.45, 2.75) is 18.6 Å². The molecule has 0 aliphatic rings. The van der Waals surface area contributed by atoms with E-state index in [0.29, 0.717) is 17.7 Å². The summed E-state index contributed by atoms with van der Waals surface area (Å²) in [6.45, 7) is -0.670. The maximum absolute atomic E-state index is 13.2. The number of nitrogens with one attached hydrogen (secondary N) is 2. The van der Waals surface area contributed by atoms with Crippen LogP contribution in [-0.4, -0.2) is 35.4 Å². The Labute approximate surface area is 200 Å². The second-order valence-corrected chi connectivity index (χ2v) is 7.78. The van der Waals surface area contributed by atoms with Gasteiger partial charge in [0.2, 0.25) is 5.91 Å². The van der Waals surface area contributed by atoms with E-state index in [0.717, 1.165) is 6.07 Å². The molecule has 0 heterocycles. The smallest absolute Gasteiger partial charge is 0.416 e. The molecule has 0 aromatic heterocycles. The molecule has 1 atom stereocenters. The van der Waals surface area contributed by atoms with Crippen LogP contribution in [0.4, 0.5) is 18.9 Å². The number of carboxylic acid groups (broad SMARTS) is 1. The number of hydrogen-bond donors (Lipinski definition) is 5. The largest absolute Gasteiger partial charge is 0.481 e. The summed E-state index contributed by atoms with van der Waals surface area (Å²) in [6.07, 6.45) is -5.31. The van der Waals surface area contributed by atoms with E-state index < -0.39 is 60.1 Å². The highest BCUT2D eigenvalue weighted by molar-refractivity contribution is 6.34. The molecule has 2 aromatic rings. The number of carbonyl (C=O) groups excluding carboxylic acids is 2. The maximum atomic E-state index is 13.2. The van der Waals surface area contributed by atoms with Gasteiger partial charge in [0.15, 0.2) is 5.96 Å². The third kappa shape index (κ3) is 8.12. The summed E-state index contributed by atoms with van der Waals surface area (Å²) in [4.78, 5) is 39.4. The quantitative estimate of drug-likeness (QED) is 0.266. The summed E-state index contributed by atoms with van der Waals surface area (Å²) in [5, 5.41) is 14.1. The highest BCUT2D eigenvalue weighted by Crippen LogP contribution is 2.33. The van der Waals surface area contributed by atoms with E-state index in [1.54, 1.807) is 0 Å². The SMILES string of the molecule is NC(N)=Nc1cc(C(=O)NCC(=O)NC(CC(=O)O)c2cc(Cl)cc(Cl)c2)cc(C(F)(F)F)c1. The normalized spacial score (nSPS) is 11.9.